The van der Waals surface area contributed by atoms with Crippen molar-refractivity contribution in [3.05, 3.63) is 70.0 Å². The SMILES string of the molecule is C#CC(CC)(CC)NC(=O)CSc1nc2cc(C(=O)OC)ccc2c(=O)n1CCc1ccccc1. The number of ether oxygens (including phenoxy) is 1. The first-order valence-electron chi connectivity index (χ1n) is 11.4. The Balaban J connectivity index is 1.95. The molecular weight excluding hydrogens is 462 g/mol. The zero-order chi connectivity index (χ0) is 25.4. The molecule has 0 aliphatic heterocycles. The largest absolute Gasteiger partial charge is 0.465 e. The molecule has 3 aromatic rings. The number of hydrogen-bond acceptors (Lipinski definition) is 6. The van der Waals surface area contributed by atoms with E-state index in [-0.39, 0.29) is 17.2 Å². The molecule has 0 aliphatic carbocycles. The molecule has 0 aliphatic rings. The van der Waals surface area contributed by atoms with E-state index in [1.54, 1.807) is 16.7 Å². The lowest BCUT2D eigenvalue weighted by molar-refractivity contribution is -0.119. The molecular formula is C27H29N3O4S. The number of nitrogens with one attached hydrogen (secondary N) is 1. The second-order valence-electron chi connectivity index (χ2n) is 8.08. The molecule has 7 nitrogen and oxygen atoms in total. The first-order valence-corrected chi connectivity index (χ1v) is 12.4. The van der Waals surface area contributed by atoms with Gasteiger partial charge in [0.1, 0.15) is 5.54 Å². The summed E-state index contributed by atoms with van der Waals surface area (Å²) in [5.41, 5.74) is 0.824. The second-order valence-corrected chi connectivity index (χ2v) is 9.02. The Hall–Kier alpha value is -3.57. The maximum Gasteiger partial charge on any atom is 0.337 e. The monoisotopic (exact) mass is 491 g/mol. The predicted molar refractivity (Wildman–Crippen MR) is 139 cm³/mol. The lowest BCUT2D eigenvalue weighted by Crippen LogP contribution is -2.47. The van der Waals surface area contributed by atoms with E-state index < -0.39 is 11.5 Å². The van der Waals surface area contributed by atoms with Crippen LogP contribution in [0.1, 0.15) is 42.6 Å². The first kappa shape index (κ1) is 26.0. The second kappa shape index (κ2) is 11.7. The fraction of sp³-hybridized carbons (Fsp3) is 0.333. The summed E-state index contributed by atoms with van der Waals surface area (Å²) in [7, 11) is 1.30. The van der Waals surface area contributed by atoms with Crippen LogP contribution < -0.4 is 10.9 Å². The van der Waals surface area contributed by atoms with Gasteiger partial charge in [0.05, 0.1) is 29.3 Å². The molecule has 0 bridgehead atoms. The molecule has 0 saturated carbocycles. The van der Waals surface area contributed by atoms with Crippen LogP contribution >= 0.6 is 11.8 Å². The number of carbonyl (C=O) groups excluding carboxylic acids is 2. The zero-order valence-electron chi connectivity index (χ0n) is 20.2. The summed E-state index contributed by atoms with van der Waals surface area (Å²) in [5.74, 6) is 1.99. The number of esters is 1. The number of rotatable bonds is 10. The number of hydrogen-bond donors (Lipinski definition) is 1. The van der Waals surface area contributed by atoms with Gasteiger partial charge < -0.3 is 10.1 Å². The Labute approximate surface area is 209 Å². The van der Waals surface area contributed by atoms with Gasteiger partial charge in [-0.05, 0) is 43.0 Å². The average Bonchev–Trinajstić information content (AvgIpc) is 2.90. The number of thioether (sulfide) groups is 1. The van der Waals surface area contributed by atoms with Crippen LogP contribution in [0.3, 0.4) is 0 Å². The van der Waals surface area contributed by atoms with Crippen LogP contribution in [0.5, 0.6) is 0 Å². The summed E-state index contributed by atoms with van der Waals surface area (Å²) < 4.78 is 6.37. The maximum atomic E-state index is 13.4. The Morgan fingerprint density at radius 2 is 1.89 bits per heavy atom. The van der Waals surface area contributed by atoms with Crippen LogP contribution in [-0.2, 0) is 22.5 Å². The van der Waals surface area contributed by atoms with Gasteiger partial charge >= 0.3 is 5.97 Å². The molecule has 3 rings (SSSR count). The van der Waals surface area contributed by atoms with Crippen LogP contribution in [0.25, 0.3) is 10.9 Å². The summed E-state index contributed by atoms with van der Waals surface area (Å²) in [5, 5.41) is 3.73. The maximum absolute atomic E-state index is 13.4. The molecule has 0 radical (unpaired) electrons. The van der Waals surface area contributed by atoms with Gasteiger partial charge in [-0.15, -0.1) is 6.42 Å². The van der Waals surface area contributed by atoms with Gasteiger partial charge in [-0.2, -0.15) is 0 Å². The molecule has 8 heteroatoms. The number of amides is 1. The lowest BCUT2D eigenvalue weighted by Gasteiger charge is -2.27. The summed E-state index contributed by atoms with van der Waals surface area (Å²) >= 11 is 1.17. The number of aromatic nitrogens is 2. The van der Waals surface area contributed by atoms with Gasteiger partial charge in [-0.1, -0.05) is 61.9 Å². The molecule has 1 heterocycles. The van der Waals surface area contributed by atoms with Crippen molar-refractivity contribution in [1.29, 1.82) is 0 Å². The van der Waals surface area contributed by atoms with Crippen molar-refractivity contribution in [2.75, 3.05) is 12.9 Å². The van der Waals surface area contributed by atoms with Gasteiger partial charge in [0.15, 0.2) is 5.16 Å². The number of nitrogens with zero attached hydrogens (tertiary/aromatic N) is 2. The highest BCUT2D eigenvalue weighted by Crippen LogP contribution is 2.21. The van der Waals surface area contributed by atoms with E-state index in [1.807, 2.05) is 44.2 Å². The molecule has 1 aromatic heterocycles. The minimum absolute atomic E-state index is 0.0450. The highest BCUT2D eigenvalue weighted by atomic mass is 32.2. The van der Waals surface area contributed by atoms with Crippen LogP contribution in [0.2, 0.25) is 0 Å². The van der Waals surface area contributed by atoms with Gasteiger partial charge in [-0.3, -0.25) is 14.2 Å². The molecule has 0 saturated heterocycles. The van der Waals surface area contributed by atoms with Crippen LogP contribution in [0.4, 0.5) is 0 Å². The summed E-state index contributed by atoms with van der Waals surface area (Å²) in [6.45, 7) is 4.26. The molecule has 182 valence electrons. The summed E-state index contributed by atoms with van der Waals surface area (Å²) in [6.07, 6.45) is 7.52. The number of fused-ring (bicyclic) bond motifs is 1. The zero-order valence-corrected chi connectivity index (χ0v) is 21.0. The molecule has 35 heavy (non-hydrogen) atoms. The number of benzene rings is 2. The number of methoxy groups -OCH3 is 1. The summed E-state index contributed by atoms with van der Waals surface area (Å²) in [4.78, 5) is 42.8. The Morgan fingerprint density at radius 3 is 2.51 bits per heavy atom. The van der Waals surface area contributed by atoms with E-state index in [4.69, 9.17) is 11.2 Å². The van der Waals surface area contributed by atoms with Crippen molar-refractivity contribution in [2.45, 2.75) is 50.4 Å². The third-order valence-corrected chi connectivity index (χ3v) is 6.98. The van der Waals surface area contributed by atoms with Crippen LogP contribution in [-0.4, -0.2) is 39.8 Å². The van der Waals surface area contributed by atoms with Gasteiger partial charge in [-0.25, -0.2) is 9.78 Å². The molecule has 1 amide bonds. The molecule has 0 atom stereocenters. The quantitative estimate of drug-likeness (QED) is 0.201. The average molecular weight is 492 g/mol. The first-order chi connectivity index (χ1) is 16.9. The molecule has 2 aromatic carbocycles. The third kappa shape index (κ3) is 6.11. The normalized spacial score (nSPS) is 11.1. The lowest BCUT2D eigenvalue weighted by atomic mass is 9.94. The fourth-order valence-corrected chi connectivity index (χ4v) is 4.56. The topological polar surface area (TPSA) is 90.3 Å². The van der Waals surface area contributed by atoms with Crippen molar-refractivity contribution < 1.29 is 14.3 Å². The van der Waals surface area contributed by atoms with E-state index in [0.29, 0.717) is 47.4 Å². The smallest absolute Gasteiger partial charge is 0.337 e. The van der Waals surface area contributed by atoms with E-state index in [1.165, 1.54) is 24.9 Å². The minimum atomic E-state index is -0.698. The predicted octanol–water partition coefficient (Wildman–Crippen LogP) is 3.83. The Kier molecular flexibility index (Phi) is 8.72. The van der Waals surface area contributed by atoms with Gasteiger partial charge in [0.25, 0.3) is 5.56 Å². The van der Waals surface area contributed by atoms with E-state index in [9.17, 15) is 14.4 Å². The van der Waals surface area contributed by atoms with Crippen molar-refractivity contribution >= 4 is 34.5 Å². The molecule has 0 spiro atoms. The van der Waals surface area contributed by atoms with Gasteiger partial charge in [0.2, 0.25) is 5.91 Å². The van der Waals surface area contributed by atoms with Crippen molar-refractivity contribution in [1.82, 2.24) is 14.9 Å². The van der Waals surface area contributed by atoms with E-state index in [2.05, 4.69) is 16.2 Å². The highest BCUT2D eigenvalue weighted by Gasteiger charge is 2.25. The van der Waals surface area contributed by atoms with E-state index in [0.717, 1.165) is 5.56 Å². The Bertz CT molecular complexity index is 1310. The molecule has 0 fully saturated rings. The number of carbonyl (C=O) groups is 2. The van der Waals surface area contributed by atoms with Crippen molar-refractivity contribution in [3.8, 4) is 12.3 Å². The minimum Gasteiger partial charge on any atom is -0.465 e. The van der Waals surface area contributed by atoms with Crippen LogP contribution in [0, 0.1) is 12.3 Å². The van der Waals surface area contributed by atoms with Crippen molar-refractivity contribution in [2.24, 2.45) is 0 Å². The summed E-state index contributed by atoms with van der Waals surface area (Å²) in [6, 6.07) is 14.5. The fourth-order valence-electron chi connectivity index (χ4n) is 3.74. The van der Waals surface area contributed by atoms with Gasteiger partial charge in [0, 0.05) is 6.54 Å². The highest BCUT2D eigenvalue weighted by molar-refractivity contribution is 7.99. The Morgan fingerprint density at radius 1 is 1.17 bits per heavy atom. The molecule has 1 N–H and O–H groups in total. The van der Waals surface area contributed by atoms with E-state index >= 15 is 0 Å². The van der Waals surface area contributed by atoms with Crippen molar-refractivity contribution in [3.63, 3.8) is 0 Å². The third-order valence-electron chi connectivity index (χ3n) is 6.00. The standard InChI is InChI=1S/C27H29N3O4S/c1-5-27(6-2,7-3)29-23(31)18-35-26-28-22-17-20(25(33)34-4)13-14-21(22)24(32)30(26)16-15-19-11-9-8-10-12-19/h1,8-14,17H,6-7,15-16,18H2,2-4H3,(H,29,31). The van der Waals surface area contributed by atoms with Crippen LogP contribution in [0.15, 0.2) is 58.5 Å². The number of terminal acetylenes is 1. The number of aryl methyl sites for hydroxylation is 1. The molecule has 0 unspecified atom stereocenters.